The van der Waals surface area contributed by atoms with Gasteiger partial charge < -0.3 is 11.1 Å². The Labute approximate surface area is 112 Å². The van der Waals surface area contributed by atoms with Gasteiger partial charge in [0.2, 0.25) is 0 Å². The van der Waals surface area contributed by atoms with Gasteiger partial charge in [0, 0.05) is 12.1 Å². The van der Waals surface area contributed by atoms with E-state index in [1.165, 1.54) is 0 Å². The van der Waals surface area contributed by atoms with Crippen LogP contribution in [0.3, 0.4) is 0 Å². The number of nitrogens with zero attached hydrogens (tertiary/aromatic N) is 1. The van der Waals surface area contributed by atoms with Crippen molar-refractivity contribution < 1.29 is 13.6 Å². The van der Waals surface area contributed by atoms with E-state index in [4.69, 9.17) is 5.73 Å². The molecule has 1 amide bonds. The normalized spacial score (nSPS) is 10.5. The molecule has 0 atom stereocenters. The molecule has 1 heterocycles. The number of rotatable bonds is 3. The minimum Gasteiger partial charge on any atom is -0.375 e. The Kier molecular flexibility index (Phi) is 3.75. The van der Waals surface area contributed by atoms with Gasteiger partial charge in [-0.15, -0.1) is 0 Å². The van der Waals surface area contributed by atoms with E-state index < -0.39 is 17.5 Å². The van der Waals surface area contributed by atoms with Crippen LogP contribution in [0.15, 0.2) is 18.2 Å². The van der Waals surface area contributed by atoms with Gasteiger partial charge in [0.05, 0.1) is 5.69 Å². The Morgan fingerprint density at radius 2 is 2.21 bits per heavy atom. The molecule has 1 aromatic heterocycles. The highest BCUT2D eigenvalue weighted by Gasteiger charge is 2.14. The third-order valence-electron chi connectivity index (χ3n) is 2.47. The van der Waals surface area contributed by atoms with Crippen LogP contribution < -0.4 is 11.1 Å². The summed E-state index contributed by atoms with van der Waals surface area (Å²) in [7, 11) is 0. The average molecular weight is 283 g/mol. The highest BCUT2D eigenvalue weighted by molar-refractivity contribution is 7.17. The van der Waals surface area contributed by atoms with Gasteiger partial charge in [-0.2, -0.15) is 0 Å². The largest absolute Gasteiger partial charge is 0.375 e. The van der Waals surface area contributed by atoms with E-state index >= 15 is 0 Å². The molecule has 0 saturated carbocycles. The highest BCUT2D eigenvalue weighted by Crippen LogP contribution is 2.19. The molecule has 0 fully saturated rings. The number of aromatic nitrogens is 1. The van der Waals surface area contributed by atoms with E-state index in [2.05, 4.69) is 10.3 Å². The fourth-order valence-electron chi connectivity index (χ4n) is 1.56. The number of nitrogen functional groups attached to an aromatic ring is 1. The fraction of sp³-hybridized carbons (Fsp3) is 0.167. The van der Waals surface area contributed by atoms with Crippen molar-refractivity contribution in [2.24, 2.45) is 0 Å². The van der Waals surface area contributed by atoms with Crippen LogP contribution >= 0.6 is 11.3 Å². The number of amides is 1. The number of nitrogens with two attached hydrogens (primary N) is 1. The maximum atomic E-state index is 13.4. The third-order valence-corrected chi connectivity index (χ3v) is 3.45. The lowest BCUT2D eigenvalue weighted by atomic mass is 10.2. The lowest BCUT2D eigenvalue weighted by Gasteiger charge is -2.05. The summed E-state index contributed by atoms with van der Waals surface area (Å²) in [5.74, 6) is -1.53. The van der Waals surface area contributed by atoms with Crippen molar-refractivity contribution in [3.63, 3.8) is 0 Å². The van der Waals surface area contributed by atoms with Gasteiger partial charge in [0.15, 0.2) is 5.13 Å². The minimum atomic E-state index is -0.567. The van der Waals surface area contributed by atoms with Crippen LogP contribution in [-0.2, 0) is 6.54 Å². The molecule has 100 valence electrons. The molecule has 19 heavy (non-hydrogen) atoms. The summed E-state index contributed by atoms with van der Waals surface area (Å²) in [6.45, 7) is 1.56. The average Bonchev–Trinajstić information content (AvgIpc) is 2.69. The topological polar surface area (TPSA) is 68.0 Å². The zero-order valence-corrected chi connectivity index (χ0v) is 10.9. The van der Waals surface area contributed by atoms with Gasteiger partial charge in [-0.25, -0.2) is 13.8 Å². The molecular formula is C12H11F2N3OS. The van der Waals surface area contributed by atoms with Gasteiger partial charge in [0.25, 0.3) is 5.91 Å². The van der Waals surface area contributed by atoms with Crippen LogP contribution in [0.2, 0.25) is 0 Å². The Balaban J connectivity index is 2.08. The standard InChI is InChI=1S/C12H11F2N3OS/c1-6-10(19-12(15)17-6)11(18)16-5-7-4-8(13)2-3-9(7)14/h2-4H,5H2,1H3,(H2,15,17)(H,16,18). The molecule has 0 radical (unpaired) electrons. The Morgan fingerprint density at radius 1 is 1.47 bits per heavy atom. The summed E-state index contributed by atoms with van der Waals surface area (Å²) < 4.78 is 26.3. The molecule has 1 aromatic carbocycles. The first kappa shape index (κ1) is 13.4. The molecule has 2 rings (SSSR count). The predicted octanol–water partition coefficient (Wildman–Crippen LogP) is 2.24. The maximum absolute atomic E-state index is 13.4. The zero-order valence-electron chi connectivity index (χ0n) is 10.0. The Morgan fingerprint density at radius 3 is 2.84 bits per heavy atom. The maximum Gasteiger partial charge on any atom is 0.263 e. The summed E-state index contributed by atoms with van der Waals surface area (Å²) >= 11 is 1.05. The number of hydrogen-bond acceptors (Lipinski definition) is 4. The monoisotopic (exact) mass is 283 g/mol. The van der Waals surface area contributed by atoms with E-state index in [1.807, 2.05) is 0 Å². The van der Waals surface area contributed by atoms with Crippen LogP contribution in [0.5, 0.6) is 0 Å². The predicted molar refractivity (Wildman–Crippen MR) is 68.8 cm³/mol. The van der Waals surface area contributed by atoms with Crippen molar-refractivity contribution in [3.8, 4) is 0 Å². The van der Waals surface area contributed by atoms with Crippen molar-refractivity contribution in [3.05, 3.63) is 46.0 Å². The number of carbonyl (C=O) groups excluding carboxylic acids is 1. The van der Waals surface area contributed by atoms with Crippen LogP contribution in [0.1, 0.15) is 20.9 Å². The smallest absolute Gasteiger partial charge is 0.263 e. The number of anilines is 1. The fourth-order valence-corrected chi connectivity index (χ4v) is 2.31. The number of carbonyl (C=O) groups is 1. The first-order chi connectivity index (χ1) is 8.97. The molecule has 3 N–H and O–H groups in total. The molecule has 0 aliphatic carbocycles. The molecule has 0 bridgehead atoms. The summed E-state index contributed by atoms with van der Waals surface area (Å²) in [5, 5.41) is 2.80. The molecule has 0 saturated heterocycles. The van der Waals surface area contributed by atoms with Gasteiger partial charge in [-0.3, -0.25) is 4.79 Å². The van der Waals surface area contributed by atoms with Gasteiger partial charge >= 0.3 is 0 Å². The molecule has 4 nitrogen and oxygen atoms in total. The molecule has 7 heteroatoms. The summed E-state index contributed by atoms with van der Waals surface area (Å²) in [6.07, 6.45) is 0. The van der Waals surface area contributed by atoms with E-state index in [1.54, 1.807) is 6.92 Å². The van der Waals surface area contributed by atoms with E-state index in [-0.39, 0.29) is 12.1 Å². The van der Waals surface area contributed by atoms with Crippen LogP contribution in [0.25, 0.3) is 0 Å². The molecule has 0 aliphatic rings. The molecule has 2 aromatic rings. The summed E-state index contributed by atoms with van der Waals surface area (Å²) in [5.41, 5.74) is 6.09. The number of hydrogen-bond donors (Lipinski definition) is 2. The second-order valence-corrected chi connectivity index (χ2v) is 4.92. The zero-order chi connectivity index (χ0) is 14.0. The Bertz CT molecular complexity index is 627. The van der Waals surface area contributed by atoms with Crippen LogP contribution in [-0.4, -0.2) is 10.9 Å². The molecule has 0 spiro atoms. The van der Waals surface area contributed by atoms with Gasteiger partial charge in [-0.05, 0) is 25.1 Å². The molecule has 0 aliphatic heterocycles. The summed E-state index contributed by atoms with van der Waals surface area (Å²) in [4.78, 5) is 16.1. The second-order valence-electron chi connectivity index (χ2n) is 3.89. The van der Waals surface area contributed by atoms with E-state index in [9.17, 15) is 13.6 Å². The van der Waals surface area contributed by atoms with Crippen molar-refractivity contribution in [2.75, 3.05) is 5.73 Å². The van der Waals surface area contributed by atoms with Gasteiger partial charge in [0.1, 0.15) is 16.5 Å². The number of halogens is 2. The SMILES string of the molecule is Cc1nc(N)sc1C(=O)NCc1cc(F)ccc1F. The lowest BCUT2D eigenvalue weighted by molar-refractivity contribution is 0.0954. The van der Waals surface area contributed by atoms with E-state index in [0.29, 0.717) is 15.7 Å². The van der Waals surface area contributed by atoms with Crippen LogP contribution in [0.4, 0.5) is 13.9 Å². The van der Waals surface area contributed by atoms with Gasteiger partial charge in [-0.1, -0.05) is 11.3 Å². The minimum absolute atomic E-state index is 0.0866. The van der Waals surface area contributed by atoms with E-state index in [0.717, 1.165) is 29.5 Å². The summed E-state index contributed by atoms with van der Waals surface area (Å²) in [6, 6.07) is 3.09. The Hall–Kier alpha value is -2.02. The van der Waals surface area contributed by atoms with Crippen molar-refractivity contribution in [2.45, 2.75) is 13.5 Å². The first-order valence-electron chi connectivity index (χ1n) is 5.42. The molecular weight excluding hydrogens is 272 g/mol. The highest BCUT2D eigenvalue weighted by atomic mass is 32.1. The third kappa shape index (κ3) is 3.05. The molecule has 0 unspecified atom stereocenters. The van der Waals surface area contributed by atoms with Crippen molar-refractivity contribution >= 4 is 22.4 Å². The lowest BCUT2D eigenvalue weighted by Crippen LogP contribution is -2.23. The number of nitrogens with one attached hydrogen (secondary N) is 1. The van der Waals surface area contributed by atoms with Crippen molar-refractivity contribution in [1.82, 2.24) is 10.3 Å². The second kappa shape index (κ2) is 5.31. The number of aryl methyl sites for hydroxylation is 1. The number of thiazole rings is 1. The van der Waals surface area contributed by atoms with Crippen LogP contribution in [0, 0.1) is 18.6 Å². The first-order valence-corrected chi connectivity index (χ1v) is 6.24. The van der Waals surface area contributed by atoms with Crippen molar-refractivity contribution in [1.29, 1.82) is 0 Å². The quantitative estimate of drug-likeness (QED) is 0.907. The number of benzene rings is 1.